The Morgan fingerprint density at radius 2 is 1.85 bits per heavy atom. The van der Waals surface area contributed by atoms with Gasteiger partial charge in [0.1, 0.15) is 0 Å². The highest BCUT2D eigenvalue weighted by Gasteiger charge is 2.12. The zero-order valence-corrected chi connectivity index (χ0v) is 14.3. The van der Waals surface area contributed by atoms with Crippen LogP contribution in [0.5, 0.6) is 0 Å². The first-order valence-electron chi connectivity index (χ1n) is 7.89. The number of anilines is 2. The smallest absolute Gasteiger partial charge is 0.338 e. The van der Waals surface area contributed by atoms with Gasteiger partial charge in [-0.25, -0.2) is 9.59 Å². The molecule has 26 heavy (non-hydrogen) atoms. The molecule has 0 saturated heterocycles. The van der Waals surface area contributed by atoms with Crippen molar-refractivity contribution < 1.29 is 14.3 Å². The van der Waals surface area contributed by atoms with E-state index in [1.54, 1.807) is 36.4 Å². The van der Waals surface area contributed by atoms with E-state index in [1.165, 1.54) is 0 Å². The second-order valence-electron chi connectivity index (χ2n) is 5.91. The summed E-state index contributed by atoms with van der Waals surface area (Å²) in [5.74, 6) is -1.05. The van der Waals surface area contributed by atoms with Gasteiger partial charge in [0.05, 0.1) is 16.6 Å². The number of imidazole rings is 1. The molecule has 0 radical (unpaired) electrons. The van der Waals surface area contributed by atoms with Gasteiger partial charge in [0.25, 0.3) is 5.91 Å². The minimum Gasteiger partial charge on any atom is -0.452 e. The fourth-order valence-corrected chi connectivity index (χ4v) is 2.43. The standard InChI is InChI=1S/C18H18N4O4/c1-22(2)13-5-3-4-11(8-13)17(24)26-10-16(23)19-12-6-7-14-15(9-12)21-18(25)20-14/h3-9H,10H2,1-2H3,(H,19,23)(H2,20,21,25). The van der Waals surface area contributed by atoms with Crippen LogP contribution in [-0.4, -0.2) is 42.5 Å². The zero-order chi connectivity index (χ0) is 18.7. The number of benzene rings is 2. The number of rotatable bonds is 5. The minimum absolute atomic E-state index is 0.322. The lowest BCUT2D eigenvalue weighted by Gasteiger charge is -2.13. The van der Waals surface area contributed by atoms with Gasteiger partial charge < -0.3 is 24.9 Å². The van der Waals surface area contributed by atoms with Crippen molar-refractivity contribution in [2.75, 3.05) is 30.9 Å². The van der Waals surface area contributed by atoms with Gasteiger partial charge in [-0.2, -0.15) is 0 Å². The molecule has 0 saturated carbocycles. The molecule has 0 aliphatic rings. The molecule has 3 rings (SSSR count). The zero-order valence-electron chi connectivity index (χ0n) is 14.3. The Morgan fingerprint density at radius 3 is 2.62 bits per heavy atom. The molecule has 8 heteroatoms. The Morgan fingerprint density at radius 1 is 1.08 bits per heavy atom. The molecule has 0 aliphatic carbocycles. The number of H-pyrrole nitrogens is 2. The maximum Gasteiger partial charge on any atom is 0.338 e. The number of ether oxygens (including phenoxy) is 1. The minimum atomic E-state index is -0.575. The number of aromatic amines is 2. The van der Waals surface area contributed by atoms with Crippen LogP contribution in [0.25, 0.3) is 11.0 Å². The van der Waals surface area contributed by atoms with Crippen LogP contribution in [0.15, 0.2) is 47.3 Å². The van der Waals surface area contributed by atoms with Crippen LogP contribution < -0.4 is 15.9 Å². The van der Waals surface area contributed by atoms with E-state index in [1.807, 2.05) is 25.1 Å². The van der Waals surface area contributed by atoms with Gasteiger partial charge in [0.15, 0.2) is 6.61 Å². The molecule has 1 amide bonds. The van der Waals surface area contributed by atoms with E-state index >= 15 is 0 Å². The topological polar surface area (TPSA) is 107 Å². The van der Waals surface area contributed by atoms with Crippen molar-refractivity contribution >= 4 is 34.3 Å². The number of nitrogens with one attached hydrogen (secondary N) is 3. The lowest BCUT2D eigenvalue weighted by molar-refractivity contribution is -0.119. The Balaban J connectivity index is 1.60. The molecular formula is C18H18N4O4. The summed E-state index contributed by atoms with van der Waals surface area (Å²) < 4.78 is 5.05. The molecule has 1 aromatic heterocycles. The van der Waals surface area contributed by atoms with Crippen LogP contribution in [0.4, 0.5) is 11.4 Å². The molecule has 0 unspecified atom stereocenters. The number of carbonyl (C=O) groups is 2. The van der Waals surface area contributed by atoms with E-state index in [4.69, 9.17) is 4.74 Å². The van der Waals surface area contributed by atoms with E-state index in [-0.39, 0.29) is 5.69 Å². The largest absolute Gasteiger partial charge is 0.452 e. The van der Waals surface area contributed by atoms with Gasteiger partial charge in [-0.1, -0.05) is 6.07 Å². The predicted molar refractivity (Wildman–Crippen MR) is 98.6 cm³/mol. The van der Waals surface area contributed by atoms with E-state index in [2.05, 4.69) is 15.3 Å². The number of amides is 1. The fraction of sp³-hybridized carbons (Fsp3) is 0.167. The SMILES string of the molecule is CN(C)c1cccc(C(=O)OCC(=O)Nc2ccc3[nH]c(=O)[nH]c3c2)c1. The average Bonchev–Trinajstić information content (AvgIpc) is 2.99. The highest BCUT2D eigenvalue weighted by molar-refractivity contribution is 5.96. The maximum absolute atomic E-state index is 12.1. The lowest BCUT2D eigenvalue weighted by Crippen LogP contribution is -2.21. The highest BCUT2D eigenvalue weighted by atomic mass is 16.5. The Kier molecular flexibility index (Phi) is 4.74. The van der Waals surface area contributed by atoms with Crippen LogP contribution in [0.3, 0.4) is 0 Å². The molecule has 0 bridgehead atoms. The predicted octanol–water partition coefficient (Wildman–Crippen LogP) is 1.72. The molecule has 3 N–H and O–H groups in total. The van der Waals surface area contributed by atoms with Crippen molar-refractivity contribution in [3.63, 3.8) is 0 Å². The van der Waals surface area contributed by atoms with Crippen molar-refractivity contribution in [1.82, 2.24) is 9.97 Å². The van der Waals surface area contributed by atoms with Crippen LogP contribution in [-0.2, 0) is 9.53 Å². The molecular weight excluding hydrogens is 336 g/mol. The monoisotopic (exact) mass is 354 g/mol. The van der Waals surface area contributed by atoms with Crippen molar-refractivity contribution in [3.8, 4) is 0 Å². The Hall–Kier alpha value is -3.55. The number of nitrogens with zero attached hydrogens (tertiary/aromatic N) is 1. The second-order valence-corrected chi connectivity index (χ2v) is 5.91. The molecule has 3 aromatic rings. The van der Waals surface area contributed by atoms with Crippen molar-refractivity contribution in [3.05, 3.63) is 58.5 Å². The number of fused-ring (bicyclic) bond motifs is 1. The normalized spacial score (nSPS) is 10.5. The summed E-state index contributed by atoms with van der Waals surface area (Å²) in [6, 6.07) is 11.9. The number of carbonyl (C=O) groups excluding carboxylic acids is 2. The number of aromatic nitrogens is 2. The summed E-state index contributed by atoms with van der Waals surface area (Å²) in [6.45, 7) is -0.410. The van der Waals surface area contributed by atoms with Gasteiger partial charge in [-0.15, -0.1) is 0 Å². The number of esters is 1. The van der Waals surface area contributed by atoms with Crippen molar-refractivity contribution in [2.24, 2.45) is 0 Å². The Labute approximate surface area is 148 Å². The van der Waals surface area contributed by atoms with Crippen LogP contribution in [0.2, 0.25) is 0 Å². The molecule has 0 spiro atoms. The summed E-state index contributed by atoms with van der Waals surface area (Å²) in [5.41, 5.74) is 2.61. The number of hydrogen-bond acceptors (Lipinski definition) is 5. The van der Waals surface area contributed by atoms with E-state index in [9.17, 15) is 14.4 Å². The third-order valence-electron chi connectivity index (χ3n) is 3.73. The van der Waals surface area contributed by atoms with Crippen molar-refractivity contribution in [1.29, 1.82) is 0 Å². The van der Waals surface area contributed by atoms with E-state index < -0.39 is 18.5 Å². The average molecular weight is 354 g/mol. The molecule has 2 aromatic carbocycles. The molecule has 0 aliphatic heterocycles. The van der Waals surface area contributed by atoms with Crippen LogP contribution in [0, 0.1) is 0 Å². The summed E-state index contributed by atoms with van der Waals surface area (Å²) in [7, 11) is 3.74. The van der Waals surface area contributed by atoms with Gasteiger partial charge in [-0.3, -0.25) is 4.79 Å². The quantitative estimate of drug-likeness (QED) is 0.605. The lowest BCUT2D eigenvalue weighted by atomic mass is 10.2. The van der Waals surface area contributed by atoms with E-state index in [0.717, 1.165) is 5.69 Å². The van der Waals surface area contributed by atoms with Crippen molar-refractivity contribution in [2.45, 2.75) is 0 Å². The van der Waals surface area contributed by atoms with Gasteiger partial charge in [-0.05, 0) is 36.4 Å². The first-order valence-corrected chi connectivity index (χ1v) is 7.89. The third kappa shape index (κ3) is 3.92. The van der Waals surface area contributed by atoms with Gasteiger partial charge >= 0.3 is 11.7 Å². The second kappa shape index (κ2) is 7.14. The maximum atomic E-state index is 12.1. The molecule has 0 atom stereocenters. The summed E-state index contributed by atoms with van der Waals surface area (Å²) in [5, 5.41) is 2.62. The third-order valence-corrected chi connectivity index (χ3v) is 3.73. The van der Waals surface area contributed by atoms with Crippen LogP contribution >= 0.6 is 0 Å². The van der Waals surface area contributed by atoms with E-state index in [0.29, 0.717) is 22.3 Å². The first-order chi connectivity index (χ1) is 12.4. The highest BCUT2D eigenvalue weighted by Crippen LogP contribution is 2.15. The summed E-state index contributed by atoms with van der Waals surface area (Å²) in [6.07, 6.45) is 0. The fourth-order valence-electron chi connectivity index (χ4n) is 2.43. The molecule has 134 valence electrons. The van der Waals surface area contributed by atoms with Crippen LogP contribution in [0.1, 0.15) is 10.4 Å². The first kappa shape index (κ1) is 17.3. The molecule has 0 fully saturated rings. The summed E-state index contributed by atoms with van der Waals surface area (Å²) >= 11 is 0. The number of hydrogen-bond donors (Lipinski definition) is 3. The molecule has 8 nitrogen and oxygen atoms in total. The Bertz CT molecular complexity index is 1020. The summed E-state index contributed by atoms with van der Waals surface area (Å²) in [4.78, 5) is 42.4. The van der Waals surface area contributed by atoms with Gasteiger partial charge in [0, 0.05) is 25.5 Å². The van der Waals surface area contributed by atoms with Gasteiger partial charge in [0.2, 0.25) is 0 Å². The molecule has 1 heterocycles.